The van der Waals surface area contributed by atoms with Gasteiger partial charge in [-0.15, -0.1) is 0 Å². The molecule has 3 fully saturated rings. The first-order valence-electron chi connectivity index (χ1n) is 8.85. The van der Waals surface area contributed by atoms with Crippen molar-refractivity contribution in [2.45, 2.75) is 18.9 Å². The standard InChI is InChI=1S/C20H22FN3O/c21-16-3-1-2-15(14-16)20(25)22-17-4-6-18(7-5-17)24-13-12-23-10-8-19(24)9-11-23/h1-7,14,19H,8-13H2,(H,22,25). The Kier molecular flexibility index (Phi) is 4.40. The maximum atomic E-state index is 13.2. The number of carbonyl (C=O) groups is 1. The molecule has 25 heavy (non-hydrogen) atoms. The molecule has 0 saturated carbocycles. The Bertz CT molecular complexity index is 754. The molecule has 0 radical (unpaired) electrons. The Morgan fingerprint density at radius 2 is 1.76 bits per heavy atom. The number of rotatable bonds is 3. The predicted molar refractivity (Wildman–Crippen MR) is 97.6 cm³/mol. The monoisotopic (exact) mass is 339 g/mol. The summed E-state index contributed by atoms with van der Waals surface area (Å²) in [4.78, 5) is 17.2. The first-order valence-corrected chi connectivity index (χ1v) is 8.85. The highest BCUT2D eigenvalue weighted by Gasteiger charge is 2.28. The van der Waals surface area contributed by atoms with Crippen LogP contribution >= 0.6 is 0 Å². The van der Waals surface area contributed by atoms with Crippen molar-refractivity contribution in [3.63, 3.8) is 0 Å². The zero-order valence-electron chi connectivity index (χ0n) is 14.1. The third kappa shape index (κ3) is 3.51. The highest BCUT2D eigenvalue weighted by Crippen LogP contribution is 2.27. The van der Waals surface area contributed by atoms with Gasteiger partial charge in [-0.05, 0) is 55.3 Å². The van der Waals surface area contributed by atoms with E-state index in [4.69, 9.17) is 0 Å². The van der Waals surface area contributed by atoms with Crippen molar-refractivity contribution in [3.05, 3.63) is 59.9 Å². The van der Waals surface area contributed by atoms with Crippen LogP contribution in [-0.2, 0) is 0 Å². The number of amides is 1. The summed E-state index contributed by atoms with van der Waals surface area (Å²) in [7, 11) is 0. The van der Waals surface area contributed by atoms with Gasteiger partial charge in [0.05, 0.1) is 0 Å². The number of hydrogen-bond donors (Lipinski definition) is 1. The van der Waals surface area contributed by atoms with Crippen LogP contribution in [0.1, 0.15) is 23.2 Å². The normalized spacial score (nSPS) is 22.5. The van der Waals surface area contributed by atoms with Gasteiger partial charge in [0.1, 0.15) is 5.82 Å². The van der Waals surface area contributed by atoms with Gasteiger partial charge in [-0.3, -0.25) is 4.79 Å². The fourth-order valence-electron chi connectivity index (χ4n) is 3.80. The Morgan fingerprint density at radius 1 is 1.00 bits per heavy atom. The zero-order valence-corrected chi connectivity index (χ0v) is 14.1. The van der Waals surface area contributed by atoms with Gasteiger partial charge in [-0.25, -0.2) is 4.39 Å². The molecule has 0 unspecified atom stereocenters. The quantitative estimate of drug-likeness (QED) is 0.931. The van der Waals surface area contributed by atoms with Crippen LogP contribution in [0.25, 0.3) is 0 Å². The van der Waals surface area contributed by atoms with E-state index in [1.807, 2.05) is 12.1 Å². The fraction of sp³-hybridized carbons (Fsp3) is 0.350. The van der Waals surface area contributed by atoms with E-state index >= 15 is 0 Å². The molecule has 0 spiro atoms. The van der Waals surface area contributed by atoms with Crippen molar-refractivity contribution < 1.29 is 9.18 Å². The highest BCUT2D eigenvalue weighted by molar-refractivity contribution is 6.04. The van der Waals surface area contributed by atoms with E-state index in [0.29, 0.717) is 11.6 Å². The molecule has 3 aliphatic rings. The number of carbonyl (C=O) groups excluding carboxylic acids is 1. The van der Waals surface area contributed by atoms with E-state index in [9.17, 15) is 9.18 Å². The SMILES string of the molecule is O=C(Nc1ccc(N2CCN3CCC2CC3)cc1)c1cccc(F)c1. The van der Waals surface area contributed by atoms with E-state index in [0.717, 1.165) is 18.8 Å². The predicted octanol–water partition coefficient (Wildman–Crippen LogP) is 3.36. The molecule has 1 N–H and O–H groups in total. The van der Waals surface area contributed by atoms with Crippen LogP contribution in [0.2, 0.25) is 0 Å². The van der Waals surface area contributed by atoms with Gasteiger partial charge < -0.3 is 15.1 Å². The smallest absolute Gasteiger partial charge is 0.255 e. The van der Waals surface area contributed by atoms with Gasteiger partial charge in [-0.1, -0.05) is 6.07 Å². The Hall–Kier alpha value is -2.40. The average Bonchev–Trinajstić information content (AvgIpc) is 2.96. The van der Waals surface area contributed by atoms with Crippen LogP contribution in [0, 0.1) is 5.82 Å². The molecule has 0 aliphatic carbocycles. The average molecular weight is 339 g/mol. The Morgan fingerprint density at radius 3 is 2.48 bits per heavy atom. The summed E-state index contributed by atoms with van der Waals surface area (Å²) in [5.41, 5.74) is 2.25. The molecule has 3 heterocycles. The lowest BCUT2D eigenvalue weighted by Crippen LogP contribution is -2.37. The number of anilines is 2. The lowest BCUT2D eigenvalue weighted by atomic mass is 10.0. The Labute approximate surface area is 147 Å². The minimum atomic E-state index is -0.408. The van der Waals surface area contributed by atoms with Gasteiger partial charge in [0.2, 0.25) is 0 Å². The third-order valence-electron chi connectivity index (χ3n) is 5.20. The summed E-state index contributed by atoms with van der Waals surface area (Å²) in [6.45, 7) is 4.57. The lowest BCUT2D eigenvalue weighted by Gasteiger charge is -2.33. The summed E-state index contributed by atoms with van der Waals surface area (Å²) in [6, 6.07) is 14.3. The lowest BCUT2D eigenvalue weighted by molar-refractivity contribution is 0.102. The summed E-state index contributed by atoms with van der Waals surface area (Å²) in [5, 5.41) is 2.83. The zero-order chi connectivity index (χ0) is 17.2. The molecule has 1 amide bonds. The summed E-state index contributed by atoms with van der Waals surface area (Å²) < 4.78 is 13.2. The van der Waals surface area contributed by atoms with E-state index in [1.54, 1.807) is 6.07 Å². The van der Waals surface area contributed by atoms with Crippen LogP contribution in [0.5, 0.6) is 0 Å². The first kappa shape index (κ1) is 16.1. The molecule has 2 aromatic rings. The maximum absolute atomic E-state index is 13.2. The van der Waals surface area contributed by atoms with E-state index in [-0.39, 0.29) is 5.91 Å². The number of fused-ring (bicyclic) bond motifs is 4. The summed E-state index contributed by atoms with van der Waals surface area (Å²) in [5.74, 6) is -0.705. The molecule has 5 rings (SSSR count). The second-order valence-corrected chi connectivity index (χ2v) is 6.78. The van der Waals surface area contributed by atoms with E-state index in [2.05, 4.69) is 27.2 Å². The topological polar surface area (TPSA) is 35.6 Å². The molecule has 0 aromatic heterocycles. The van der Waals surface area contributed by atoms with Crippen molar-refractivity contribution >= 4 is 17.3 Å². The maximum Gasteiger partial charge on any atom is 0.255 e. The van der Waals surface area contributed by atoms with Crippen LogP contribution in [0.3, 0.4) is 0 Å². The number of benzene rings is 2. The molecule has 0 atom stereocenters. The molecule has 130 valence electrons. The van der Waals surface area contributed by atoms with Crippen molar-refractivity contribution in [1.29, 1.82) is 0 Å². The molecule has 3 aliphatic heterocycles. The van der Waals surface area contributed by atoms with Gasteiger partial charge in [-0.2, -0.15) is 0 Å². The fourth-order valence-corrected chi connectivity index (χ4v) is 3.80. The Balaban J connectivity index is 1.46. The minimum absolute atomic E-state index is 0.298. The van der Waals surface area contributed by atoms with Crippen LogP contribution in [0.4, 0.5) is 15.8 Å². The van der Waals surface area contributed by atoms with Gasteiger partial charge in [0.15, 0.2) is 0 Å². The minimum Gasteiger partial charge on any atom is -0.367 e. The number of nitrogens with zero attached hydrogens (tertiary/aromatic N) is 2. The highest BCUT2D eigenvalue weighted by atomic mass is 19.1. The van der Waals surface area contributed by atoms with E-state index < -0.39 is 5.82 Å². The van der Waals surface area contributed by atoms with Crippen LogP contribution < -0.4 is 10.2 Å². The number of piperidine rings is 1. The second kappa shape index (κ2) is 6.84. The molecule has 5 heteroatoms. The second-order valence-electron chi connectivity index (χ2n) is 6.78. The summed E-state index contributed by atoms with van der Waals surface area (Å²) >= 11 is 0. The van der Waals surface area contributed by atoms with Crippen LogP contribution in [-0.4, -0.2) is 43.0 Å². The van der Waals surface area contributed by atoms with Crippen LogP contribution in [0.15, 0.2) is 48.5 Å². The van der Waals surface area contributed by atoms with Crippen molar-refractivity contribution in [2.75, 3.05) is 36.4 Å². The van der Waals surface area contributed by atoms with Crippen molar-refractivity contribution in [3.8, 4) is 0 Å². The molecule has 2 bridgehead atoms. The summed E-state index contributed by atoms with van der Waals surface area (Å²) in [6.07, 6.45) is 2.44. The third-order valence-corrected chi connectivity index (χ3v) is 5.20. The van der Waals surface area contributed by atoms with Crippen molar-refractivity contribution in [2.24, 2.45) is 0 Å². The largest absolute Gasteiger partial charge is 0.367 e. The number of halogens is 1. The van der Waals surface area contributed by atoms with Crippen molar-refractivity contribution in [1.82, 2.24) is 4.90 Å². The number of nitrogens with one attached hydrogen (secondary N) is 1. The van der Waals surface area contributed by atoms with Gasteiger partial charge in [0, 0.05) is 49.2 Å². The number of hydrogen-bond acceptors (Lipinski definition) is 3. The van der Waals surface area contributed by atoms with Gasteiger partial charge >= 0.3 is 0 Å². The first-order chi connectivity index (χ1) is 12.2. The molecule has 2 aromatic carbocycles. The van der Waals surface area contributed by atoms with Gasteiger partial charge in [0.25, 0.3) is 5.91 Å². The molecule has 3 saturated heterocycles. The molecular weight excluding hydrogens is 317 g/mol. The molecular formula is C20H22FN3O. The molecule has 4 nitrogen and oxygen atoms in total. The van der Waals surface area contributed by atoms with E-state index in [1.165, 1.54) is 49.8 Å².